The van der Waals surface area contributed by atoms with Crippen LogP contribution in [0.1, 0.15) is 16.8 Å². The Morgan fingerprint density at radius 1 is 1.00 bits per heavy atom. The minimum Gasteiger partial charge on any atom is -0.495 e. The van der Waals surface area contributed by atoms with Crippen molar-refractivity contribution in [2.75, 3.05) is 19.5 Å². The van der Waals surface area contributed by atoms with Gasteiger partial charge in [-0.3, -0.25) is 0 Å². The van der Waals surface area contributed by atoms with Gasteiger partial charge in [0.2, 0.25) is 5.13 Å². The average Bonchev–Trinajstić information content (AvgIpc) is 3.36. The van der Waals surface area contributed by atoms with Crippen LogP contribution in [0.25, 0.3) is 17.2 Å². The number of ether oxygens (including phenoxy) is 2. The molecule has 0 aliphatic carbocycles. The molecule has 4 rings (SSSR count). The van der Waals surface area contributed by atoms with Crippen LogP contribution in [0.3, 0.4) is 0 Å². The molecule has 31 heavy (non-hydrogen) atoms. The second-order valence-electron chi connectivity index (χ2n) is 6.94. The SMILES string of the molecule is COc1cc(OC)c(-n2nnc(-c3nsc(Nc4ccc(C)c(C)c4)n3)c2C)cc1Cl. The number of nitrogens with one attached hydrogen (secondary N) is 1. The van der Waals surface area contributed by atoms with Crippen LogP contribution in [-0.2, 0) is 0 Å². The van der Waals surface area contributed by atoms with E-state index in [1.807, 2.05) is 13.0 Å². The number of rotatable bonds is 6. The lowest BCUT2D eigenvalue weighted by Crippen LogP contribution is -2.03. The van der Waals surface area contributed by atoms with Crippen LogP contribution in [0, 0.1) is 20.8 Å². The van der Waals surface area contributed by atoms with Gasteiger partial charge in [-0.25, -0.2) is 4.68 Å². The number of halogens is 1. The highest BCUT2D eigenvalue weighted by Gasteiger charge is 2.20. The highest BCUT2D eigenvalue weighted by Crippen LogP contribution is 2.36. The van der Waals surface area contributed by atoms with Crippen molar-refractivity contribution in [2.45, 2.75) is 20.8 Å². The molecular formula is C21H21ClN6O2S. The first-order valence-corrected chi connectivity index (χ1v) is 10.6. The van der Waals surface area contributed by atoms with Crippen LogP contribution in [0.15, 0.2) is 30.3 Å². The number of anilines is 2. The Bertz CT molecular complexity index is 1250. The molecule has 0 radical (unpaired) electrons. The topological polar surface area (TPSA) is 87.0 Å². The molecule has 2 aromatic heterocycles. The smallest absolute Gasteiger partial charge is 0.207 e. The van der Waals surface area contributed by atoms with Crippen molar-refractivity contribution in [2.24, 2.45) is 0 Å². The molecule has 0 unspecified atom stereocenters. The fourth-order valence-corrected chi connectivity index (χ4v) is 3.91. The molecule has 2 aromatic carbocycles. The van der Waals surface area contributed by atoms with E-state index in [9.17, 15) is 0 Å². The lowest BCUT2D eigenvalue weighted by Gasteiger charge is -2.12. The Labute approximate surface area is 189 Å². The summed E-state index contributed by atoms with van der Waals surface area (Å²) < 4.78 is 16.9. The Morgan fingerprint density at radius 2 is 1.77 bits per heavy atom. The van der Waals surface area contributed by atoms with Crippen LogP contribution in [-0.4, -0.2) is 38.6 Å². The first-order chi connectivity index (χ1) is 14.9. The van der Waals surface area contributed by atoms with E-state index >= 15 is 0 Å². The summed E-state index contributed by atoms with van der Waals surface area (Å²) in [5, 5.41) is 13.0. The fourth-order valence-electron chi connectivity index (χ4n) is 3.09. The Morgan fingerprint density at radius 3 is 2.48 bits per heavy atom. The maximum atomic E-state index is 6.31. The van der Waals surface area contributed by atoms with E-state index in [-0.39, 0.29) is 0 Å². The average molecular weight is 457 g/mol. The van der Waals surface area contributed by atoms with E-state index in [0.29, 0.717) is 38.9 Å². The lowest BCUT2D eigenvalue weighted by atomic mass is 10.1. The number of hydrogen-bond donors (Lipinski definition) is 1. The Balaban J connectivity index is 1.65. The second kappa shape index (κ2) is 8.52. The summed E-state index contributed by atoms with van der Waals surface area (Å²) in [5.41, 5.74) is 5.40. The van der Waals surface area contributed by atoms with Crippen molar-refractivity contribution in [3.8, 4) is 28.7 Å². The summed E-state index contributed by atoms with van der Waals surface area (Å²) in [6, 6.07) is 9.61. The van der Waals surface area contributed by atoms with E-state index in [2.05, 4.69) is 51.0 Å². The van der Waals surface area contributed by atoms with Crippen molar-refractivity contribution in [1.82, 2.24) is 24.4 Å². The highest BCUT2D eigenvalue weighted by atomic mass is 35.5. The van der Waals surface area contributed by atoms with E-state index in [1.165, 1.54) is 22.7 Å². The number of hydrogen-bond acceptors (Lipinski definition) is 8. The van der Waals surface area contributed by atoms with Crippen LogP contribution < -0.4 is 14.8 Å². The van der Waals surface area contributed by atoms with Crippen LogP contribution in [0.4, 0.5) is 10.8 Å². The van der Waals surface area contributed by atoms with E-state index in [1.54, 1.807) is 31.0 Å². The van der Waals surface area contributed by atoms with Gasteiger partial charge >= 0.3 is 0 Å². The molecule has 0 amide bonds. The zero-order valence-corrected chi connectivity index (χ0v) is 19.3. The molecule has 2 heterocycles. The molecule has 0 aliphatic heterocycles. The molecule has 10 heteroatoms. The standard InChI is InChI=1S/C21H21ClN6O2S/c1-11-6-7-14(8-12(11)2)23-21-24-20(26-31-21)19-13(3)28(27-25-19)16-9-15(22)17(29-4)10-18(16)30-5/h6-10H,1-5H3,(H,23,24,26). The first-order valence-electron chi connectivity index (χ1n) is 9.43. The third kappa shape index (κ3) is 4.06. The zero-order valence-electron chi connectivity index (χ0n) is 17.7. The molecule has 0 aliphatic rings. The first kappa shape index (κ1) is 21.1. The van der Waals surface area contributed by atoms with Crippen LogP contribution in [0.2, 0.25) is 5.02 Å². The monoisotopic (exact) mass is 456 g/mol. The van der Waals surface area contributed by atoms with E-state index < -0.39 is 0 Å². The Hall–Kier alpha value is -3.17. The molecule has 0 atom stereocenters. The second-order valence-corrected chi connectivity index (χ2v) is 8.10. The number of benzene rings is 2. The number of aromatic nitrogens is 5. The minimum atomic E-state index is 0.446. The molecule has 0 bridgehead atoms. The molecule has 8 nitrogen and oxygen atoms in total. The number of nitrogens with zero attached hydrogens (tertiary/aromatic N) is 5. The predicted octanol–water partition coefficient (Wildman–Crippen LogP) is 5.13. The summed E-state index contributed by atoms with van der Waals surface area (Å²) in [6.07, 6.45) is 0. The van der Waals surface area contributed by atoms with E-state index in [4.69, 9.17) is 21.1 Å². The van der Waals surface area contributed by atoms with Crippen molar-refractivity contribution < 1.29 is 9.47 Å². The quantitative estimate of drug-likeness (QED) is 0.430. The third-order valence-corrected chi connectivity index (χ3v) is 5.90. The normalized spacial score (nSPS) is 10.9. The minimum absolute atomic E-state index is 0.446. The van der Waals surface area contributed by atoms with Crippen molar-refractivity contribution >= 4 is 34.0 Å². The molecule has 0 saturated heterocycles. The highest BCUT2D eigenvalue weighted by molar-refractivity contribution is 7.09. The predicted molar refractivity (Wildman–Crippen MR) is 122 cm³/mol. The summed E-state index contributed by atoms with van der Waals surface area (Å²) in [4.78, 5) is 4.59. The van der Waals surface area contributed by atoms with Gasteiger partial charge in [0.1, 0.15) is 17.2 Å². The Kier molecular flexibility index (Phi) is 5.79. The zero-order chi connectivity index (χ0) is 22.1. The molecule has 0 fully saturated rings. The molecular weight excluding hydrogens is 436 g/mol. The summed E-state index contributed by atoms with van der Waals surface area (Å²) >= 11 is 7.58. The molecule has 4 aromatic rings. The van der Waals surface area contributed by atoms with Gasteiger partial charge in [0, 0.05) is 23.3 Å². The van der Waals surface area contributed by atoms with Gasteiger partial charge in [-0.15, -0.1) is 5.10 Å². The number of methoxy groups -OCH3 is 2. The summed E-state index contributed by atoms with van der Waals surface area (Å²) in [6.45, 7) is 6.05. The van der Waals surface area contributed by atoms with Crippen LogP contribution >= 0.6 is 23.1 Å². The van der Waals surface area contributed by atoms with Gasteiger partial charge < -0.3 is 14.8 Å². The van der Waals surface area contributed by atoms with E-state index in [0.717, 1.165) is 11.4 Å². The molecule has 1 N–H and O–H groups in total. The lowest BCUT2D eigenvalue weighted by molar-refractivity contribution is 0.392. The van der Waals surface area contributed by atoms with Crippen molar-refractivity contribution in [3.05, 3.63) is 52.2 Å². The maximum absolute atomic E-state index is 6.31. The van der Waals surface area contributed by atoms with Gasteiger partial charge in [0.15, 0.2) is 11.5 Å². The van der Waals surface area contributed by atoms with Gasteiger partial charge in [-0.1, -0.05) is 22.9 Å². The van der Waals surface area contributed by atoms with Gasteiger partial charge in [0.25, 0.3) is 0 Å². The summed E-state index contributed by atoms with van der Waals surface area (Å²) in [5.74, 6) is 1.58. The fraction of sp³-hybridized carbons (Fsp3) is 0.238. The molecule has 0 saturated carbocycles. The number of aryl methyl sites for hydroxylation is 2. The third-order valence-electron chi connectivity index (χ3n) is 4.97. The molecule has 160 valence electrons. The van der Waals surface area contributed by atoms with Gasteiger partial charge in [0.05, 0.1) is 24.9 Å². The van der Waals surface area contributed by atoms with Gasteiger partial charge in [-0.2, -0.15) is 9.36 Å². The van der Waals surface area contributed by atoms with Crippen molar-refractivity contribution in [1.29, 1.82) is 0 Å². The maximum Gasteiger partial charge on any atom is 0.207 e. The molecule has 0 spiro atoms. The van der Waals surface area contributed by atoms with Crippen molar-refractivity contribution in [3.63, 3.8) is 0 Å². The van der Waals surface area contributed by atoms with Crippen LogP contribution in [0.5, 0.6) is 11.5 Å². The summed E-state index contributed by atoms with van der Waals surface area (Å²) in [7, 11) is 3.13. The van der Waals surface area contributed by atoms with Gasteiger partial charge in [-0.05, 0) is 50.1 Å². The largest absolute Gasteiger partial charge is 0.495 e.